The molecule has 6 aromatic rings. The van der Waals surface area contributed by atoms with Gasteiger partial charge < -0.3 is 0 Å². The lowest BCUT2D eigenvalue weighted by Crippen LogP contribution is -1.92. The van der Waals surface area contributed by atoms with Crippen molar-refractivity contribution in [3.8, 4) is 47.4 Å². The molecule has 0 bridgehead atoms. The number of rotatable bonds is 0. The lowest BCUT2D eigenvalue weighted by Gasteiger charge is -2.00. The zero-order chi connectivity index (χ0) is 38.8. The summed E-state index contributed by atoms with van der Waals surface area (Å²) in [7, 11) is 0. The molecule has 4 heteroatoms. The third kappa shape index (κ3) is 10.7. The van der Waals surface area contributed by atoms with Crippen molar-refractivity contribution in [3.05, 3.63) is 210 Å². The van der Waals surface area contributed by atoms with Gasteiger partial charge in [0.15, 0.2) is 0 Å². The smallest absolute Gasteiger partial charge is 0.142 e. The maximum absolute atomic E-state index is 13.9. The van der Waals surface area contributed by atoms with Crippen molar-refractivity contribution < 1.29 is 17.6 Å². The minimum absolute atomic E-state index is 0.00731. The van der Waals surface area contributed by atoms with Crippen LogP contribution in [0, 0.1) is 112 Å². The van der Waals surface area contributed by atoms with Gasteiger partial charge in [-0.2, -0.15) is 0 Å². The van der Waals surface area contributed by atoms with Gasteiger partial charge in [-0.1, -0.05) is 82.8 Å². The van der Waals surface area contributed by atoms with E-state index in [1.807, 2.05) is 113 Å². The summed E-state index contributed by atoms with van der Waals surface area (Å²) in [5.41, 5.74) is 10.2. The quantitative estimate of drug-likeness (QED) is 0.109. The first-order valence-corrected chi connectivity index (χ1v) is 17.2. The van der Waals surface area contributed by atoms with Gasteiger partial charge in [-0.15, -0.1) is 0 Å². The van der Waals surface area contributed by atoms with Crippen molar-refractivity contribution >= 4 is 0 Å². The highest BCUT2D eigenvalue weighted by Gasteiger charge is 2.08. The fourth-order valence-corrected chi connectivity index (χ4v) is 5.13. The molecule has 0 aromatic heterocycles. The number of aryl methyl sites for hydroxylation is 5. The highest BCUT2D eigenvalue weighted by atomic mass is 19.1. The van der Waals surface area contributed by atoms with Crippen LogP contribution < -0.4 is 0 Å². The molecule has 6 rings (SSSR count). The third-order valence-corrected chi connectivity index (χ3v) is 8.39. The van der Waals surface area contributed by atoms with Crippen LogP contribution in [-0.2, 0) is 0 Å². The topological polar surface area (TPSA) is 0 Å². The Morgan fingerprint density at radius 1 is 0.315 bits per heavy atom. The average molecular weight is 713 g/mol. The van der Waals surface area contributed by atoms with Crippen molar-refractivity contribution in [2.45, 2.75) is 41.5 Å². The first-order chi connectivity index (χ1) is 25.8. The van der Waals surface area contributed by atoms with Crippen LogP contribution in [0.1, 0.15) is 77.9 Å². The zero-order valence-electron chi connectivity index (χ0n) is 30.9. The van der Waals surface area contributed by atoms with Gasteiger partial charge in [-0.3, -0.25) is 0 Å². The number of hydrogen-bond acceptors (Lipinski definition) is 0. The van der Waals surface area contributed by atoms with Gasteiger partial charge >= 0.3 is 0 Å². The monoisotopic (exact) mass is 712 g/mol. The summed E-state index contributed by atoms with van der Waals surface area (Å²) in [5, 5.41) is 0. The van der Waals surface area contributed by atoms with E-state index in [-0.39, 0.29) is 11.1 Å². The lowest BCUT2D eigenvalue weighted by atomic mass is 10.0. The van der Waals surface area contributed by atoms with E-state index in [0.717, 1.165) is 38.9 Å². The normalized spacial score (nSPS) is 9.81. The van der Waals surface area contributed by atoms with E-state index < -0.39 is 23.3 Å². The van der Waals surface area contributed by atoms with E-state index in [9.17, 15) is 17.6 Å². The molecule has 0 aliphatic rings. The van der Waals surface area contributed by atoms with Crippen LogP contribution in [0.4, 0.5) is 17.6 Å². The van der Waals surface area contributed by atoms with Crippen LogP contribution in [0.15, 0.2) is 109 Å². The zero-order valence-corrected chi connectivity index (χ0v) is 30.9. The molecular formula is C50H36F4. The average Bonchev–Trinajstić information content (AvgIpc) is 3.13. The fraction of sp³-hybridized carbons (Fsp3) is 0.120. The first-order valence-electron chi connectivity index (χ1n) is 17.2. The van der Waals surface area contributed by atoms with Gasteiger partial charge in [-0.05, 0) is 143 Å². The van der Waals surface area contributed by atoms with Gasteiger partial charge in [-0.25, -0.2) is 17.6 Å². The molecular weight excluding hydrogens is 677 g/mol. The Hall–Kier alpha value is -6.72. The Morgan fingerprint density at radius 3 is 1.11 bits per heavy atom. The van der Waals surface area contributed by atoms with Crippen molar-refractivity contribution in [1.29, 1.82) is 0 Å². The van der Waals surface area contributed by atoms with Crippen LogP contribution in [-0.4, -0.2) is 0 Å². The Morgan fingerprint density at radius 2 is 0.685 bits per heavy atom. The molecule has 0 radical (unpaired) electrons. The first kappa shape index (κ1) is 38.5. The van der Waals surface area contributed by atoms with E-state index >= 15 is 0 Å². The van der Waals surface area contributed by atoms with Crippen LogP contribution in [0.5, 0.6) is 0 Å². The number of hydrogen-bond donors (Lipinski definition) is 0. The molecule has 54 heavy (non-hydrogen) atoms. The summed E-state index contributed by atoms with van der Waals surface area (Å²) in [6, 6.07) is 32.4. The van der Waals surface area contributed by atoms with E-state index in [1.54, 1.807) is 6.92 Å². The van der Waals surface area contributed by atoms with Crippen LogP contribution in [0.2, 0.25) is 0 Å². The second-order valence-electron chi connectivity index (χ2n) is 13.0. The van der Waals surface area contributed by atoms with Gasteiger partial charge in [0.1, 0.15) is 23.3 Å². The minimum Gasteiger partial charge on any atom is -0.207 e. The molecule has 0 aliphatic carbocycles. The molecule has 0 saturated heterocycles. The van der Waals surface area contributed by atoms with Crippen molar-refractivity contribution in [2.75, 3.05) is 0 Å². The third-order valence-electron chi connectivity index (χ3n) is 8.39. The molecule has 0 nitrogen and oxygen atoms in total. The second kappa shape index (κ2) is 17.7. The van der Waals surface area contributed by atoms with Gasteiger partial charge in [0, 0.05) is 44.5 Å². The Bertz CT molecular complexity index is 2550. The molecule has 0 saturated carbocycles. The summed E-state index contributed by atoms with van der Waals surface area (Å²) in [5.74, 6) is 21.4. The maximum Gasteiger partial charge on any atom is 0.142 e. The summed E-state index contributed by atoms with van der Waals surface area (Å²) in [4.78, 5) is 0. The summed E-state index contributed by atoms with van der Waals surface area (Å²) in [6.45, 7) is 11.0. The highest BCUT2D eigenvalue weighted by Crippen LogP contribution is 2.17. The molecule has 0 heterocycles. The van der Waals surface area contributed by atoms with Gasteiger partial charge in [0.2, 0.25) is 0 Å². The molecule has 0 fully saturated rings. The Kier molecular flexibility index (Phi) is 12.6. The predicted octanol–water partition coefficient (Wildman–Crippen LogP) is 11.4. The maximum atomic E-state index is 13.9. The van der Waals surface area contributed by atoms with E-state index in [2.05, 4.69) is 47.4 Å². The molecule has 0 unspecified atom stereocenters. The molecule has 0 amide bonds. The van der Waals surface area contributed by atoms with Gasteiger partial charge in [0.05, 0.1) is 5.56 Å². The molecule has 0 N–H and O–H groups in total. The predicted molar refractivity (Wildman–Crippen MR) is 211 cm³/mol. The van der Waals surface area contributed by atoms with Crippen molar-refractivity contribution in [3.63, 3.8) is 0 Å². The van der Waals surface area contributed by atoms with E-state index in [1.165, 1.54) is 42.3 Å². The lowest BCUT2D eigenvalue weighted by molar-refractivity contribution is 0.567. The summed E-state index contributed by atoms with van der Waals surface area (Å²) < 4.78 is 55.0. The van der Waals surface area contributed by atoms with E-state index in [4.69, 9.17) is 0 Å². The SMILES string of the molecule is Cc1ccc(C#Cc2ccc(C#Cc3c(F)cc(C)cc3F)cc2C)cc1.Cc1ccc(C#Cc2ccc(C#Cc3cc(F)c(C)c(F)c3)cc2C)cc1. The minimum atomic E-state index is -0.641. The van der Waals surface area contributed by atoms with Crippen LogP contribution in [0.3, 0.4) is 0 Å². The molecule has 0 spiro atoms. The fourth-order valence-electron chi connectivity index (χ4n) is 5.13. The Labute approximate surface area is 315 Å². The van der Waals surface area contributed by atoms with E-state index in [0.29, 0.717) is 16.7 Å². The van der Waals surface area contributed by atoms with Crippen LogP contribution >= 0.6 is 0 Å². The standard InChI is InChI=1S/2C25H18F2/c1-17-4-6-20(7-5-17)8-11-22-12-9-21(16-19(22)3)10-13-23-24(26)14-18(2)15-25(23)27;1-17-4-6-20(7-5-17)10-12-23-13-11-21(14-18(23)2)8-9-22-15-24(26)19(3)25(27)16-22/h4-7,9,12,14-16H,1-3H3;4-7,11,13-16H,1-3H3. The molecule has 0 atom stereocenters. The van der Waals surface area contributed by atoms with Gasteiger partial charge in [0.25, 0.3) is 0 Å². The number of benzene rings is 6. The number of halogens is 4. The second-order valence-corrected chi connectivity index (χ2v) is 13.0. The summed E-state index contributed by atoms with van der Waals surface area (Å²) in [6.07, 6.45) is 0. The summed E-state index contributed by atoms with van der Waals surface area (Å²) >= 11 is 0. The van der Waals surface area contributed by atoms with Crippen molar-refractivity contribution in [1.82, 2.24) is 0 Å². The highest BCUT2D eigenvalue weighted by molar-refractivity contribution is 5.53. The van der Waals surface area contributed by atoms with Crippen molar-refractivity contribution in [2.24, 2.45) is 0 Å². The van der Waals surface area contributed by atoms with Crippen LogP contribution in [0.25, 0.3) is 0 Å². The molecule has 0 aliphatic heterocycles. The molecule has 264 valence electrons. The largest absolute Gasteiger partial charge is 0.207 e. The Balaban J connectivity index is 0.000000208. The molecule has 6 aromatic carbocycles.